The summed E-state index contributed by atoms with van der Waals surface area (Å²) in [6.45, 7) is 2.69. The minimum absolute atomic E-state index is 0.0275. The molecule has 0 atom stereocenters. The highest BCUT2D eigenvalue weighted by atomic mass is 19.1. The van der Waals surface area contributed by atoms with Crippen molar-refractivity contribution in [1.82, 2.24) is 5.32 Å². The van der Waals surface area contributed by atoms with E-state index in [-0.39, 0.29) is 11.7 Å². The van der Waals surface area contributed by atoms with Crippen molar-refractivity contribution in [2.24, 2.45) is 0 Å². The molecule has 0 unspecified atom stereocenters. The van der Waals surface area contributed by atoms with Crippen molar-refractivity contribution in [3.8, 4) is 0 Å². The van der Waals surface area contributed by atoms with Gasteiger partial charge in [0, 0.05) is 25.3 Å². The minimum Gasteiger partial charge on any atom is -0.372 e. The molecule has 1 N–H and O–H groups in total. The number of nitrogens with zero attached hydrogens (tertiary/aromatic N) is 1. The van der Waals surface area contributed by atoms with Crippen LogP contribution < -0.4 is 10.2 Å². The maximum absolute atomic E-state index is 13.5. The van der Waals surface area contributed by atoms with Crippen LogP contribution in [0.4, 0.5) is 10.1 Å². The Morgan fingerprint density at radius 2 is 1.75 bits per heavy atom. The highest BCUT2D eigenvalue weighted by Gasteiger charge is 2.12. The number of anilines is 1. The number of halogens is 1. The van der Waals surface area contributed by atoms with Crippen molar-refractivity contribution in [2.75, 3.05) is 24.5 Å². The summed E-state index contributed by atoms with van der Waals surface area (Å²) in [6, 6.07) is 14.9. The van der Waals surface area contributed by atoms with Crippen LogP contribution >= 0.6 is 0 Å². The van der Waals surface area contributed by atoms with E-state index in [0.717, 1.165) is 18.7 Å². The molecule has 24 heavy (non-hydrogen) atoms. The van der Waals surface area contributed by atoms with Gasteiger partial charge < -0.3 is 10.2 Å². The Bertz CT molecular complexity index is 678. The SMILES string of the molecule is O=C(Cc1ccc(N2CCCC2)cc1)NCCc1ccccc1F. The molecule has 0 radical (unpaired) electrons. The number of carbonyl (C=O) groups excluding carboxylic acids is 1. The van der Waals surface area contributed by atoms with E-state index in [1.165, 1.54) is 24.6 Å². The molecule has 1 aliphatic rings. The molecular weight excluding hydrogens is 303 g/mol. The van der Waals surface area contributed by atoms with Gasteiger partial charge in [-0.25, -0.2) is 4.39 Å². The van der Waals surface area contributed by atoms with E-state index in [1.807, 2.05) is 18.2 Å². The van der Waals surface area contributed by atoms with Gasteiger partial charge in [-0.2, -0.15) is 0 Å². The van der Waals surface area contributed by atoms with Crippen molar-refractivity contribution >= 4 is 11.6 Å². The zero-order chi connectivity index (χ0) is 16.8. The van der Waals surface area contributed by atoms with Crippen LogP contribution in [0.25, 0.3) is 0 Å². The first kappa shape index (κ1) is 16.5. The lowest BCUT2D eigenvalue weighted by Gasteiger charge is -2.17. The molecule has 1 amide bonds. The molecule has 0 aromatic heterocycles. The van der Waals surface area contributed by atoms with Gasteiger partial charge in [0.25, 0.3) is 0 Å². The average molecular weight is 326 g/mol. The Kier molecular flexibility index (Phi) is 5.47. The van der Waals surface area contributed by atoms with Gasteiger partial charge in [0.15, 0.2) is 0 Å². The molecule has 4 heteroatoms. The zero-order valence-corrected chi connectivity index (χ0v) is 13.8. The Hall–Kier alpha value is -2.36. The standard InChI is InChI=1S/C20H23FN2O/c21-19-6-2-1-5-17(19)11-12-22-20(24)15-16-7-9-18(10-8-16)23-13-3-4-14-23/h1-2,5-10H,3-4,11-15H2,(H,22,24). The Balaban J connectivity index is 1.45. The predicted octanol–water partition coefficient (Wildman–Crippen LogP) is 3.33. The van der Waals surface area contributed by atoms with E-state index in [1.54, 1.807) is 12.1 Å². The normalized spacial score (nSPS) is 14.0. The molecule has 126 valence electrons. The summed E-state index contributed by atoms with van der Waals surface area (Å²) in [6.07, 6.45) is 3.38. The lowest BCUT2D eigenvalue weighted by atomic mass is 10.1. The number of carbonyl (C=O) groups is 1. The van der Waals surface area contributed by atoms with Gasteiger partial charge in [0.05, 0.1) is 6.42 Å². The highest BCUT2D eigenvalue weighted by molar-refractivity contribution is 5.78. The second-order valence-corrected chi connectivity index (χ2v) is 6.23. The average Bonchev–Trinajstić information content (AvgIpc) is 3.12. The van der Waals surface area contributed by atoms with Gasteiger partial charge in [-0.1, -0.05) is 30.3 Å². The molecule has 0 saturated carbocycles. The number of rotatable bonds is 6. The minimum atomic E-state index is -0.218. The van der Waals surface area contributed by atoms with E-state index in [9.17, 15) is 9.18 Å². The fraction of sp³-hybridized carbons (Fsp3) is 0.350. The number of benzene rings is 2. The van der Waals surface area contributed by atoms with Gasteiger partial charge in [-0.15, -0.1) is 0 Å². The molecule has 0 bridgehead atoms. The van der Waals surface area contributed by atoms with E-state index in [4.69, 9.17) is 0 Å². The van der Waals surface area contributed by atoms with Crippen LogP contribution in [0.15, 0.2) is 48.5 Å². The Labute approximate surface area is 142 Å². The third-order valence-electron chi connectivity index (χ3n) is 4.45. The van der Waals surface area contributed by atoms with Crippen LogP contribution in [0.5, 0.6) is 0 Å². The van der Waals surface area contributed by atoms with Gasteiger partial charge in [-0.05, 0) is 48.6 Å². The first-order chi connectivity index (χ1) is 11.7. The molecule has 0 spiro atoms. The molecule has 3 nitrogen and oxygen atoms in total. The van der Waals surface area contributed by atoms with E-state index >= 15 is 0 Å². The summed E-state index contributed by atoms with van der Waals surface area (Å²) in [5.41, 5.74) is 2.87. The number of nitrogens with one attached hydrogen (secondary N) is 1. The number of hydrogen-bond donors (Lipinski definition) is 1. The van der Waals surface area contributed by atoms with Crippen molar-refractivity contribution in [3.05, 3.63) is 65.5 Å². The van der Waals surface area contributed by atoms with Crippen molar-refractivity contribution in [2.45, 2.75) is 25.7 Å². The van der Waals surface area contributed by atoms with Crippen LogP contribution in [0.1, 0.15) is 24.0 Å². The maximum atomic E-state index is 13.5. The summed E-state index contributed by atoms with van der Waals surface area (Å²) < 4.78 is 13.5. The molecule has 0 aliphatic carbocycles. The number of amides is 1. The van der Waals surface area contributed by atoms with Gasteiger partial charge in [0.2, 0.25) is 5.91 Å². The van der Waals surface area contributed by atoms with Crippen LogP contribution in [0.3, 0.4) is 0 Å². The second-order valence-electron chi connectivity index (χ2n) is 6.23. The smallest absolute Gasteiger partial charge is 0.224 e. The monoisotopic (exact) mass is 326 g/mol. The molecule has 1 aliphatic heterocycles. The first-order valence-electron chi connectivity index (χ1n) is 8.56. The number of hydrogen-bond acceptors (Lipinski definition) is 2. The van der Waals surface area contributed by atoms with Crippen molar-refractivity contribution in [1.29, 1.82) is 0 Å². The summed E-state index contributed by atoms with van der Waals surface area (Å²) in [4.78, 5) is 14.4. The molecular formula is C20H23FN2O. The van der Waals surface area contributed by atoms with Crippen LogP contribution in [0, 0.1) is 5.82 Å². The summed E-state index contributed by atoms with van der Waals surface area (Å²) in [7, 11) is 0. The third kappa shape index (κ3) is 4.34. The third-order valence-corrected chi connectivity index (χ3v) is 4.45. The molecule has 2 aromatic rings. The zero-order valence-electron chi connectivity index (χ0n) is 13.8. The summed E-state index contributed by atoms with van der Waals surface area (Å²) in [5.74, 6) is -0.246. The van der Waals surface area contributed by atoms with E-state index in [2.05, 4.69) is 22.3 Å². The van der Waals surface area contributed by atoms with Crippen molar-refractivity contribution in [3.63, 3.8) is 0 Å². The van der Waals surface area contributed by atoms with Gasteiger partial charge in [-0.3, -0.25) is 4.79 Å². The van der Waals surface area contributed by atoms with Gasteiger partial charge >= 0.3 is 0 Å². The fourth-order valence-corrected chi connectivity index (χ4v) is 3.09. The van der Waals surface area contributed by atoms with Gasteiger partial charge in [0.1, 0.15) is 5.82 Å². The lowest BCUT2D eigenvalue weighted by Crippen LogP contribution is -2.27. The topological polar surface area (TPSA) is 32.3 Å². The van der Waals surface area contributed by atoms with Crippen molar-refractivity contribution < 1.29 is 9.18 Å². The molecule has 1 heterocycles. The second kappa shape index (κ2) is 7.95. The predicted molar refractivity (Wildman–Crippen MR) is 94.7 cm³/mol. The van der Waals surface area contributed by atoms with E-state index in [0.29, 0.717) is 24.9 Å². The fourth-order valence-electron chi connectivity index (χ4n) is 3.09. The van der Waals surface area contributed by atoms with Crippen LogP contribution in [0.2, 0.25) is 0 Å². The highest BCUT2D eigenvalue weighted by Crippen LogP contribution is 2.20. The molecule has 1 fully saturated rings. The van der Waals surface area contributed by atoms with Crippen LogP contribution in [-0.2, 0) is 17.6 Å². The summed E-state index contributed by atoms with van der Waals surface area (Å²) >= 11 is 0. The largest absolute Gasteiger partial charge is 0.372 e. The quantitative estimate of drug-likeness (QED) is 0.883. The van der Waals surface area contributed by atoms with Crippen LogP contribution in [-0.4, -0.2) is 25.5 Å². The maximum Gasteiger partial charge on any atom is 0.224 e. The Morgan fingerprint density at radius 1 is 1.04 bits per heavy atom. The Morgan fingerprint density at radius 3 is 2.46 bits per heavy atom. The first-order valence-corrected chi connectivity index (χ1v) is 8.56. The molecule has 1 saturated heterocycles. The lowest BCUT2D eigenvalue weighted by molar-refractivity contribution is -0.120. The van der Waals surface area contributed by atoms with E-state index < -0.39 is 0 Å². The molecule has 3 rings (SSSR count). The molecule has 2 aromatic carbocycles. The summed E-state index contributed by atoms with van der Waals surface area (Å²) in [5, 5.41) is 2.86.